The number of H-pyrrole nitrogens is 1. The van der Waals surface area contributed by atoms with E-state index in [1.54, 1.807) is 0 Å². The number of rotatable bonds is 16. The number of para-hydroxylation sites is 1. The van der Waals surface area contributed by atoms with E-state index in [1.165, 1.54) is 47.9 Å². The molecule has 0 saturated heterocycles. The van der Waals surface area contributed by atoms with Crippen molar-refractivity contribution in [3.63, 3.8) is 0 Å². The normalized spacial score (nSPS) is 12.7. The number of benzene rings is 3. The predicted octanol–water partition coefficient (Wildman–Crippen LogP) is 8.02. The maximum absolute atomic E-state index is 12.9. The molecular weight excluding hydrogens is 511 g/mol. The first-order chi connectivity index (χ1) is 19.4. The Balaban J connectivity index is 1.11. The molecule has 4 aromatic rings. The zero-order chi connectivity index (χ0) is 28.2. The second-order valence-electron chi connectivity index (χ2n) is 10.4. The molecule has 40 heavy (non-hydrogen) atoms. The lowest BCUT2D eigenvalue weighted by molar-refractivity contribution is -0.137. The SMILES string of the molecule is CN(CCCCCCNCCc1c[nH]c2ccccc12)CC[C@@H](Oc1ccc(C(F)(F)F)cc1)c1ccccc1. The van der Waals surface area contributed by atoms with E-state index >= 15 is 0 Å². The molecule has 3 aromatic carbocycles. The molecule has 0 amide bonds. The van der Waals surface area contributed by atoms with Crippen molar-refractivity contribution in [1.82, 2.24) is 15.2 Å². The van der Waals surface area contributed by atoms with Crippen LogP contribution in [-0.2, 0) is 12.6 Å². The number of nitrogens with zero attached hydrogens (tertiary/aromatic N) is 1. The summed E-state index contributed by atoms with van der Waals surface area (Å²) in [6.45, 7) is 3.88. The maximum atomic E-state index is 12.9. The predicted molar refractivity (Wildman–Crippen MR) is 157 cm³/mol. The van der Waals surface area contributed by atoms with E-state index in [0.29, 0.717) is 5.75 Å². The van der Waals surface area contributed by atoms with Gasteiger partial charge in [0, 0.05) is 30.1 Å². The van der Waals surface area contributed by atoms with Gasteiger partial charge in [-0.15, -0.1) is 0 Å². The first kappa shape index (κ1) is 29.7. The Bertz CT molecular complexity index is 1270. The third kappa shape index (κ3) is 9.14. The highest BCUT2D eigenvalue weighted by molar-refractivity contribution is 5.83. The maximum Gasteiger partial charge on any atom is 0.416 e. The molecule has 1 atom stereocenters. The van der Waals surface area contributed by atoms with E-state index in [9.17, 15) is 13.2 Å². The summed E-state index contributed by atoms with van der Waals surface area (Å²) in [5.41, 5.74) is 2.92. The standard InChI is InChI=1S/C33H40F3N3O/c1-39(23-10-3-2-9-21-37-22-19-27-25-38-31-14-8-7-13-30(27)31)24-20-32(26-11-5-4-6-12-26)40-29-17-15-28(16-18-29)33(34,35)36/h4-8,11-18,25,32,37-38H,2-3,9-10,19-24H2,1H3/t32-/m1/s1. The van der Waals surface area contributed by atoms with Gasteiger partial charge in [-0.3, -0.25) is 0 Å². The van der Waals surface area contributed by atoms with Crippen LogP contribution in [0.25, 0.3) is 10.9 Å². The fourth-order valence-electron chi connectivity index (χ4n) is 4.97. The Labute approximate surface area is 235 Å². The van der Waals surface area contributed by atoms with Crippen molar-refractivity contribution in [3.05, 3.63) is 102 Å². The summed E-state index contributed by atoms with van der Waals surface area (Å²) in [6, 6.07) is 23.2. The van der Waals surface area contributed by atoms with Crippen LogP contribution in [0.3, 0.4) is 0 Å². The summed E-state index contributed by atoms with van der Waals surface area (Å²) in [6.07, 6.45) is 4.03. The van der Waals surface area contributed by atoms with Gasteiger partial charge in [0.05, 0.1) is 5.56 Å². The van der Waals surface area contributed by atoms with Crippen molar-refractivity contribution < 1.29 is 17.9 Å². The highest BCUT2D eigenvalue weighted by Crippen LogP contribution is 2.32. The van der Waals surface area contributed by atoms with Crippen LogP contribution in [0.15, 0.2) is 85.1 Å². The number of alkyl halides is 3. The quantitative estimate of drug-likeness (QED) is 0.139. The largest absolute Gasteiger partial charge is 0.486 e. The van der Waals surface area contributed by atoms with Crippen LogP contribution in [-0.4, -0.2) is 43.1 Å². The van der Waals surface area contributed by atoms with Crippen LogP contribution < -0.4 is 10.1 Å². The van der Waals surface area contributed by atoms with Gasteiger partial charge in [-0.2, -0.15) is 13.2 Å². The Hall–Kier alpha value is -3.29. The number of aromatic nitrogens is 1. The summed E-state index contributed by atoms with van der Waals surface area (Å²) in [4.78, 5) is 5.65. The molecule has 0 saturated carbocycles. The Morgan fingerprint density at radius 3 is 2.33 bits per heavy atom. The molecule has 4 rings (SSSR count). The number of hydrogen-bond donors (Lipinski definition) is 2. The van der Waals surface area contributed by atoms with Crippen LogP contribution in [0.5, 0.6) is 5.75 Å². The number of ether oxygens (including phenoxy) is 1. The van der Waals surface area contributed by atoms with Gasteiger partial charge < -0.3 is 19.9 Å². The summed E-state index contributed by atoms with van der Waals surface area (Å²) < 4.78 is 44.9. The molecule has 1 aromatic heterocycles. The van der Waals surface area contributed by atoms with E-state index in [4.69, 9.17) is 4.74 Å². The van der Waals surface area contributed by atoms with Crippen molar-refractivity contribution in [3.8, 4) is 5.75 Å². The van der Waals surface area contributed by atoms with Crippen LogP contribution in [0.2, 0.25) is 0 Å². The number of nitrogens with one attached hydrogen (secondary N) is 2. The first-order valence-corrected chi connectivity index (χ1v) is 14.2. The molecule has 0 spiro atoms. The fourth-order valence-corrected chi connectivity index (χ4v) is 4.97. The van der Waals surface area contributed by atoms with Crippen LogP contribution in [0.1, 0.15) is 54.9 Å². The second-order valence-corrected chi connectivity index (χ2v) is 10.4. The smallest absolute Gasteiger partial charge is 0.416 e. The lowest BCUT2D eigenvalue weighted by Crippen LogP contribution is -2.24. The van der Waals surface area contributed by atoms with E-state index in [-0.39, 0.29) is 6.10 Å². The van der Waals surface area contributed by atoms with Crippen molar-refractivity contribution in [1.29, 1.82) is 0 Å². The minimum atomic E-state index is -4.35. The number of unbranched alkanes of at least 4 members (excludes halogenated alkanes) is 3. The van der Waals surface area contributed by atoms with Crippen LogP contribution in [0.4, 0.5) is 13.2 Å². The number of fused-ring (bicyclic) bond motifs is 1. The summed E-state index contributed by atoms with van der Waals surface area (Å²) >= 11 is 0. The molecule has 0 unspecified atom stereocenters. The molecule has 2 N–H and O–H groups in total. The average molecular weight is 552 g/mol. The molecule has 0 aliphatic heterocycles. The van der Waals surface area contributed by atoms with Gasteiger partial charge in [0.25, 0.3) is 0 Å². The molecule has 214 valence electrons. The Morgan fingerprint density at radius 2 is 1.55 bits per heavy atom. The zero-order valence-corrected chi connectivity index (χ0v) is 23.2. The van der Waals surface area contributed by atoms with Gasteiger partial charge in [0.2, 0.25) is 0 Å². The van der Waals surface area contributed by atoms with E-state index in [2.05, 4.69) is 52.7 Å². The van der Waals surface area contributed by atoms with Gasteiger partial charge in [-0.05, 0) is 87.4 Å². The molecule has 1 heterocycles. The highest BCUT2D eigenvalue weighted by atomic mass is 19.4. The first-order valence-electron chi connectivity index (χ1n) is 14.2. The lowest BCUT2D eigenvalue weighted by atomic mass is 10.1. The van der Waals surface area contributed by atoms with Crippen molar-refractivity contribution in [2.24, 2.45) is 0 Å². The molecule has 4 nitrogen and oxygen atoms in total. The fraction of sp³-hybridized carbons (Fsp3) is 0.394. The molecule has 0 aliphatic rings. The number of halogens is 3. The van der Waals surface area contributed by atoms with Crippen molar-refractivity contribution in [2.75, 3.05) is 33.2 Å². The number of hydrogen-bond acceptors (Lipinski definition) is 3. The average Bonchev–Trinajstić information content (AvgIpc) is 3.37. The molecular formula is C33H40F3N3O. The molecule has 0 radical (unpaired) electrons. The van der Waals surface area contributed by atoms with Gasteiger partial charge in [-0.25, -0.2) is 0 Å². The monoisotopic (exact) mass is 551 g/mol. The topological polar surface area (TPSA) is 40.3 Å². The molecule has 0 bridgehead atoms. The molecule has 0 aliphatic carbocycles. The van der Waals surface area contributed by atoms with E-state index in [1.807, 2.05) is 30.3 Å². The second kappa shape index (κ2) is 14.9. The van der Waals surface area contributed by atoms with Crippen molar-refractivity contribution in [2.45, 2.75) is 50.8 Å². The van der Waals surface area contributed by atoms with Crippen LogP contribution in [0, 0.1) is 0 Å². The van der Waals surface area contributed by atoms with Gasteiger partial charge in [0.1, 0.15) is 11.9 Å². The van der Waals surface area contributed by atoms with Gasteiger partial charge in [-0.1, -0.05) is 61.4 Å². The molecule has 0 fully saturated rings. The Kier molecular flexibility index (Phi) is 11.1. The van der Waals surface area contributed by atoms with Gasteiger partial charge in [0.15, 0.2) is 0 Å². The zero-order valence-electron chi connectivity index (χ0n) is 23.2. The number of aromatic amines is 1. The van der Waals surface area contributed by atoms with Gasteiger partial charge >= 0.3 is 6.18 Å². The Morgan fingerprint density at radius 1 is 0.825 bits per heavy atom. The van der Waals surface area contributed by atoms with E-state index < -0.39 is 11.7 Å². The summed E-state index contributed by atoms with van der Waals surface area (Å²) in [7, 11) is 2.12. The highest BCUT2D eigenvalue weighted by Gasteiger charge is 2.30. The summed E-state index contributed by atoms with van der Waals surface area (Å²) in [5.74, 6) is 0.444. The van der Waals surface area contributed by atoms with Crippen LogP contribution >= 0.6 is 0 Å². The third-order valence-electron chi connectivity index (χ3n) is 7.29. The molecule has 7 heteroatoms. The minimum absolute atomic E-state index is 0.226. The van der Waals surface area contributed by atoms with E-state index in [0.717, 1.165) is 63.1 Å². The summed E-state index contributed by atoms with van der Waals surface area (Å²) in [5, 5.41) is 4.89. The van der Waals surface area contributed by atoms with Crippen molar-refractivity contribution >= 4 is 10.9 Å². The third-order valence-corrected chi connectivity index (χ3v) is 7.29. The lowest BCUT2D eigenvalue weighted by Gasteiger charge is -2.23. The minimum Gasteiger partial charge on any atom is -0.486 e.